The van der Waals surface area contributed by atoms with Gasteiger partial charge in [-0.25, -0.2) is 0 Å². The number of ether oxygens (including phenoxy) is 1. The van der Waals surface area contributed by atoms with Crippen molar-refractivity contribution in [2.24, 2.45) is 0 Å². The van der Waals surface area contributed by atoms with Crippen LogP contribution in [0.25, 0.3) is 0 Å². The second kappa shape index (κ2) is 4.75. The van der Waals surface area contributed by atoms with E-state index in [2.05, 4.69) is 4.98 Å². The van der Waals surface area contributed by atoms with Crippen molar-refractivity contribution >= 4 is 17.3 Å². The average molecular weight is 209 g/mol. The minimum Gasteiger partial charge on any atom is -0.396 e. The minimum absolute atomic E-state index is 0.143. The van der Waals surface area contributed by atoms with E-state index in [-0.39, 0.29) is 5.91 Å². The van der Waals surface area contributed by atoms with E-state index in [1.807, 2.05) is 0 Å². The number of pyridine rings is 1. The van der Waals surface area contributed by atoms with Crippen LogP contribution in [0.3, 0.4) is 0 Å². The largest absolute Gasteiger partial charge is 0.396 e. The summed E-state index contributed by atoms with van der Waals surface area (Å²) in [5.41, 5.74) is 6.81. The first-order valence-electron chi connectivity index (χ1n) is 4.57. The van der Waals surface area contributed by atoms with Gasteiger partial charge in [0.05, 0.1) is 17.6 Å². The molecule has 0 bridgehead atoms. The molecule has 5 heteroatoms. The van der Waals surface area contributed by atoms with E-state index in [1.54, 1.807) is 26.2 Å². The van der Waals surface area contributed by atoms with Gasteiger partial charge in [0, 0.05) is 20.4 Å². The van der Waals surface area contributed by atoms with Gasteiger partial charge in [0.15, 0.2) is 0 Å². The molecular weight excluding hydrogens is 194 g/mol. The van der Waals surface area contributed by atoms with Crippen LogP contribution in [0.1, 0.15) is 6.92 Å². The molecule has 0 aromatic carbocycles. The van der Waals surface area contributed by atoms with E-state index in [9.17, 15) is 4.79 Å². The van der Waals surface area contributed by atoms with E-state index in [0.717, 1.165) is 0 Å². The maximum absolute atomic E-state index is 11.8. The number of hydrogen-bond acceptors (Lipinski definition) is 4. The molecule has 1 aromatic heterocycles. The van der Waals surface area contributed by atoms with Gasteiger partial charge in [0.1, 0.15) is 6.10 Å². The molecule has 1 aromatic rings. The zero-order valence-corrected chi connectivity index (χ0v) is 9.10. The normalized spacial score (nSPS) is 12.2. The van der Waals surface area contributed by atoms with Gasteiger partial charge in [0.25, 0.3) is 5.91 Å². The van der Waals surface area contributed by atoms with Gasteiger partial charge in [0.2, 0.25) is 0 Å². The Kier molecular flexibility index (Phi) is 3.62. The molecule has 0 spiro atoms. The smallest absolute Gasteiger partial charge is 0.255 e. The van der Waals surface area contributed by atoms with Crippen LogP contribution < -0.4 is 10.6 Å². The predicted octanol–water partition coefficient (Wildman–Crippen LogP) is 0.662. The number of nitrogens with zero attached hydrogens (tertiary/aromatic N) is 2. The van der Waals surface area contributed by atoms with Crippen LogP contribution in [0.2, 0.25) is 0 Å². The summed E-state index contributed by atoms with van der Waals surface area (Å²) in [7, 11) is 3.15. The molecule has 5 nitrogen and oxygen atoms in total. The van der Waals surface area contributed by atoms with E-state index in [0.29, 0.717) is 11.4 Å². The molecule has 0 saturated heterocycles. The Morgan fingerprint density at radius 3 is 2.87 bits per heavy atom. The minimum atomic E-state index is -0.484. The Bertz CT molecular complexity index is 354. The Hall–Kier alpha value is -1.62. The van der Waals surface area contributed by atoms with Crippen molar-refractivity contribution < 1.29 is 9.53 Å². The third-order valence-corrected chi connectivity index (χ3v) is 2.22. The molecule has 0 aliphatic carbocycles. The number of rotatable bonds is 3. The van der Waals surface area contributed by atoms with Crippen molar-refractivity contribution in [2.75, 3.05) is 24.8 Å². The standard InChI is InChI=1S/C10H15N3O2/c1-7(15-3)10(14)13(2)9-4-5-12-6-8(9)11/h4-7H,11H2,1-3H3. The maximum Gasteiger partial charge on any atom is 0.255 e. The number of amides is 1. The lowest BCUT2D eigenvalue weighted by atomic mass is 10.3. The molecule has 15 heavy (non-hydrogen) atoms. The van der Waals surface area contributed by atoms with Gasteiger partial charge in [-0.05, 0) is 13.0 Å². The molecule has 1 heterocycles. The maximum atomic E-state index is 11.8. The van der Waals surface area contributed by atoms with Crippen molar-refractivity contribution in [1.29, 1.82) is 0 Å². The topological polar surface area (TPSA) is 68.5 Å². The van der Waals surface area contributed by atoms with E-state index >= 15 is 0 Å². The lowest BCUT2D eigenvalue weighted by molar-refractivity contribution is -0.127. The Balaban J connectivity index is 2.90. The molecule has 82 valence electrons. The fourth-order valence-electron chi connectivity index (χ4n) is 1.20. The van der Waals surface area contributed by atoms with Crippen molar-refractivity contribution in [3.05, 3.63) is 18.5 Å². The van der Waals surface area contributed by atoms with Gasteiger partial charge in [-0.1, -0.05) is 0 Å². The zero-order chi connectivity index (χ0) is 11.4. The third kappa shape index (κ3) is 2.44. The molecule has 1 rings (SSSR count). The summed E-state index contributed by atoms with van der Waals surface area (Å²) in [6, 6.07) is 1.69. The number of methoxy groups -OCH3 is 1. The molecule has 0 aliphatic heterocycles. The monoisotopic (exact) mass is 209 g/mol. The quantitative estimate of drug-likeness (QED) is 0.794. The van der Waals surface area contributed by atoms with Gasteiger partial charge in [-0.2, -0.15) is 0 Å². The van der Waals surface area contributed by atoms with Gasteiger partial charge in [-0.3, -0.25) is 9.78 Å². The molecule has 2 N–H and O–H groups in total. The summed E-state index contributed by atoms with van der Waals surface area (Å²) in [6.07, 6.45) is 2.62. The molecule has 0 radical (unpaired) electrons. The lowest BCUT2D eigenvalue weighted by Gasteiger charge is -2.21. The van der Waals surface area contributed by atoms with Crippen LogP contribution in [0, 0.1) is 0 Å². The van der Waals surface area contributed by atoms with Crippen molar-refractivity contribution in [1.82, 2.24) is 4.98 Å². The number of carbonyl (C=O) groups is 1. The second-order valence-electron chi connectivity index (χ2n) is 3.21. The molecule has 1 atom stereocenters. The number of anilines is 2. The van der Waals surface area contributed by atoms with Crippen molar-refractivity contribution in [3.63, 3.8) is 0 Å². The van der Waals surface area contributed by atoms with E-state index in [4.69, 9.17) is 10.5 Å². The highest BCUT2D eigenvalue weighted by molar-refractivity contribution is 5.98. The first-order chi connectivity index (χ1) is 7.07. The van der Waals surface area contributed by atoms with Crippen LogP contribution in [0.5, 0.6) is 0 Å². The second-order valence-corrected chi connectivity index (χ2v) is 3.21. The Labute approximate surface area is 88.9 Å². The highest BCUT2D eigenvalue weighted by Crippen LogP contribution is 2.20. The fraction of sp³-hybridized carbons (Fsp3) is 0.400. The van der Waals surface area contributed by atoms with Crippen LogP contribution in [-0.4, -0.2) is 31.2 Å². The Morgan fingerprint density at radius 1 is 1.67 bits per heavy atom. The summed E-state index contributed by atoms with van der Waals surface area (Å²) >= 11 is 0. The molecule has 0 saturated carbocycles. The van der Waals surface area contributed by atoms with Gasteiger partial charge in [-0.15, -0.1) is 0 Å². The number of nitrogen functional groups attached to an aromatic ring is 1. The van der Waals surface area contributed by atoms with Crippen LogP contribution >= 0.6 is 0 Å². The average Bonchev–Trinajstić information content (AvgIpc) is 2.26. The van der Waals surface area contributed by atoms with Crippen molar-refractivity contribution in [3.8, 4) is 0 Å². The SMILES string of the molecule is COC(C)C(=O)N(C)c1ccncc1N. The lowest BCUT2D eigenvalue weighted by Crippen LogP contribution is -2.36. The number of hydrogen-bond donors (Lipinski definition) is 1. The molecule has 0 aliphatic rings. The first kappa shape index (κ1) is 11.5. The zero-order valence-electron chi connectivity index (χ0n) is 9.10. The van der Waals surface area contributed by atoms with Crippen LogP contribution in [0.4, 0.5) is 11.4 Å². The van der Waals surface area contributed by atoms with Crippen molar-refractivity contribution in [2.45, 2.75) is 13.0 Å². The highest BCUT2D eigenvalue weighted by atomic mass is 16.5. The molecule has 0 fully saturated rings. The van der Waals surface area contributed by atoms with E-state index in [1.165, 1.54) is 18.2 Å². The van der Waals surface area contributed by atoms with Gasteiger partial charge >= 0.3 is 0 Å². The molecule has 1 unspecified atom stereocenters. The summed E-state index contributed by atoms with van der Waals surface area (Å²) < 4.78 is 4.95. The summed E-state index contributed by atoms with van der Waals surface area (Å²) in [5, 5.41) is 0. The van der Waals surface area contributed by atoms with Crippen LogP contribution in [0.15, 0.2) is 18.5 Å². The fourth-order valence-corrected chi connectivity index (χ4v) is 1.20. The molecule has 1 amide bonds. The summed E-state index contributed by atoms with van der Waals surface area (Å²) in [6.45, 7) is 1.69. The van der Waals surface area contributed by atoms with Gasteiger partial charge < -0.3 is 15.4 Å². The highest BCUT2D eigenvalue weighted by Gasteiger charge is 2.19. The predicted molar refractivity (Wildman–Crippen MR) is 58.5 cm³/mol. The number of nitrogens with two attached hydrogens (primary N) is 1. The van der Waals surface area contributed by atoms with Crippen LogP contribution in [-0.2, 0) is 9.53 Å². The van der Waals surface area contributed by atoms with E-state index < -0.39 is 6.10 Å². The number of likely N-dealkylation sites (N-methyl/N-ethyl adjacent to an activating group) is 1. The Morgan fingerprint density at radius 2 is 2.33 bits per heavy atom. The number of aromatic nitrogens is 1. The molecular formula is C10H15N3O2. The summed E-state index contributed by atoms with van der Waals surface area (Å²) in [5.74, 6) is -0.143. The third-order valence-electron chi connectivity index (χ3n) is 2.22. The summed E-state index contributed by atoms with van der Waals surface area (Å²) in [4.78, 5) is 17.1. The first-order valence-corrected chi connectivity index (χ1v) is 4.57. The number of carbonyl (C=O) groups excluding carboxylic acids is 1.